The van der Waals surface area contributed by atoms with Crippen LogP contribution < -0.4 is 16.0 Å². The van der Waals surface area contributed by atoms with Gasteiger partial charge in [-0.15, -0.1) is 0 Å². The van der Waals surface area contributed by atoms with Gasteiger partial charge in [-0.1, -0.05) is 20.8 Å². The van der Waals surface area contributed by atoms with E-state index >= 15 is 0 Å². The fourth-order valence-electron chi connectivity index (χ4n) is 1.54. The molecule has 0 aliphatic heterocycles. The van der Waals surface area contributed by atoms with Crippen LogP contribution in [0.3, 0.4) is 0 Å². The van der Waals surface area contributed by atoms with Gasteiger partial charge in [-0.25, -0.2) is 0 Å². The molecule has 0 bridgehead atoms. The Morgan fingerprint density at radius 1 is 0.619 bits per heavy atom. The Hall–Kier alpha value is -1.59. The molecule has 21 heavy (non-hydrogen) atoms. The molecule has 0 aliphatic rings. The van der Waals surface area contributed by atoms with Crippen molar-refractivity contribution in [2.75, 3.05) is 16.0 Å². The number of hydrogen-bond acceptors (Lipinski definition) is 6. The van der Waals surface area contributed by atoms with E-state index in [1.165, 1.54) is 0 Å². The maximum Gasteiger partial charge on any atom is 0.229 e. The third kappa shape index (κ3) is 6.14. The molecule has 1 aromatic heterocycles. The second kappa shape index (κ2) is 8.64. The molecule has 3 N–H and O–H groups in total. The maximum absolute atomic E-state index is 4.46. The first-order valence-electron chi connectivity index (χ1n) is 8.04. The number of aromatic nitrogens is 3. The van der Waals surface area contributed by atoms with E-state index in [0.29, 0.717) is 36.0 Å². The average Bonchev–Trinajstić information content (AvgIpc) is 2.46. The highest BCUT2D eigenvalue weighted by molar-refractivity contribution is 5.43. The van der Waals surface area contributed by atoms with Crippen molar-refractivity contribution in [3.63, 3.8) is 0 Å². The van der Waals surface area contributed by atoms with E-state index in [9.17, 15) is 0 Å². The minimum absolute atomic E-state index is 0.334. The van der Waals surface area contributed by atoms with Gasteiger partial charge in [0.05, 0.1) is 0 Å². The van der Waals surface area contributed by atoms with E-state index in [1.54, 1.807) is 0 Å². The molecule has 6 heteroatoms. The molecule has 0 fully saturated rings. The monoisotopic (exact) mass is 294 g/mol. The molecule has 0 saturated heterocycles. The largest absolute Gasteiger partial charge is 0.352 e. The number of nitrogens with zero attached hydrogens (tertiary/aromatic N) is 3. The maximum atomic E-state index is 4.46. The molecule has 0 aliphatic carbocycles. The smallest absolute Gasteiger partial charge is 0.229 e. The fraction of sp³-hybridized carbons (Fsp3) is 0.800. The van der Waals surface area contributed by atoms with Crippen LogP contribution in [0.25, 0.3) is 0 Å². The molecule has 120 valence electrons. The molecule has 0 aromatic carbocycles. The summed E-state index contributed by atoms with van der Waals surface area (Å²) in [7, 11) is 0. The van der Waals surface area contributed by atoms with Gasteiger partial charge < -0.3 is 16.0 Å². The van der Waals surface area contributed by atoms with Crippen LogP contribution in [0.5, 0.6) is 0 Å². The molecule has 1 rings (SSSR count). The van der Waals surface area contributed by atoms with Crippen LogP contribution in [0.1, 0.15) is 60.8 Å². The second-order valence-corrected chi connectivity index (χ2v) is 5.67. The summed E-state index contributed by atoms with van der Waals surface area (Å²) in [6.45, 7) is 12.8. The molecule has 1 aromatic rings. The highest BCUT2D eigenvalue weighted by Gasteiger charge is 2.11. The minimum Gasteiger partial charge on any atom is -0.352 e. The van der Waals surface area contributed by atoms with Gasteiger partial charge in [-0.2, -0.15) is 15.0 Å². The highest BCUT2D eigenvalue weighted by Crippen LogP contribution is 2.13. The Morgan fingerprint density at radius 2 is 0.857 bits per heavy atom. The van der Waals surface area contributed by atoms with Gasteiger partial charge in [-0.05, 0) is 40.0 Å². The predicted octanol–water partition coefficient (Wildman–Crippen LogP) is 3.50. The standard InChI is InChI=1S/C15H30N6/c1-7-10(4)16-13-19-14(17-11(5)8-2)21-15(20-13)18-12(6)9-3/h10-12H,7-9H2,1-6H3,(H3,16,17,18,19,20,21). The topological polar surface area (TPSA) is 74.8 Å². The van der Waals surface area contributed by atoms with Crippen molar-refractivity contribution in [3.8, 4) is 0 Å². The summed E-state index contributed by atoms with van der Waals surface area (Å²) in [5.74, 6) is 1.86. The van der Waals surface area contributed by atoms with Gasteiger partial charge in [-0.3, -0.25) is 0 Å². The summed E-state index contributed by atoms with van der Waals surface area (Å²) in [5.41, 5.74) is 0. The lowest BCUT2D eigenvalue weighted by Gasteiger charge is -2.17. The first-order valence-corrected chi connectivity index (χ1v) is 8.04. The zero-order valence-electron chi connectivity index (χ0n) is 14.2. The average molecular weight is 294 g/mol. The van der Waals surface area contributed by atoms with Crippen molar-refractivity contribution in [3.05, 3.63) is 0 Å². The number of hydrogen-bond donors (Lipinski definition) is 3. The van der Waals surface area contributed by atoms with Crippen LogP contribution in [0.2, 0.25) is 0 Å². The molecule has 3 unspecified atom stereocenters. The van der Waals surface area contributed by atoms with E-state index < -0.39 is 0 Å². The quantitative estimate of drug-likeness (QED) is 0.647. The van der Waals surface area contributed by atoms with Crippen LogP contribution in [-0.4, -0.2) is 33.1 Å². The van der Waals surface area contributed by atoms with E-state index in [2.05, 4.69) is 72.4 Å². The zero-order valence-corrected chi connectivity index (χ0v) is 14.2. The van der Waals surface area contributed by atoms with Crippen LogP contribution in [0, 0.1) is 0 Å². The van der Waals surface area contributed by atoms with E-state index in [-0.39, 0.29) is 0 Å². The molecule has 0 saturated carbocycles. The first kappa shape index (κ1) is 17.5. The first-order chi connectivity index (χ1) is 9.98. The van der Waals surface area contributed by atoms with Crippen molar-refractivity contribution in [2.45, 2.75) is 78.9 Å². The molecule has 6 nitrogen and oxygen atoms in total. The number of nitrogens with one attached hydrogen (secondary N) is 3. The number of anilines is 3. The fourth-order valence-corrected chi connectivity index (χ4v) is 1.54. The summed E-state index contributed by atoms with van der Waals surface area (Å²) in [4.78, 5) is 13.4. The molecule has 3 atom stereocenters. The van der Waals surface area contributed by atoms with Gasteiger partial charge in [0.1, 0.15) is 0 Å². The van der Waals surface area contributed by atoms with E-state index in [4.69, 9.17) is 0 Å². The Bertz CT molecular complexity index is 348. The summed E-state index contributed by atoms with van der Waals surface area (Å²) in [5, 5.41) is 9.94. The Kier molecular flexibility index (Phi) is 7.19. The SMILES string of the molecule is CCC(C)Nc1nc(NC(C)CC)nc(NC(C)CC)n1. The molecule has 0 amide bonds. The lowest BCUT2D eigenvalue weighted by Crippen LogP contribution is -2.22. The summed E-state index contributed by atoms with van der Waals surface area (Å²) >= 11 is 0. The second-order valence-electron chi connectivity index (χ2n) is 5.67. The summed E-state index contributed by atoms with van der Waals surface area (Å²) in [6, 6.07) is 1.00. The summed E-state index contributed by atoms with van der Waals surface area (Å²) < 4.78 is 0. The Morgan fingerprint density at radius 3 is 1.05 bits per heavy atom. The van der Waals surface area contributed by atoms with Crippen molar-refractivity contribution < 1.29 is 0 Å². The van der Waals surface area contributed by atoms with Gasteiger partial charge in [0, 0.05) is 18.1 Å². The Balaban J connectivity index is 2.95. The molecule has 0 spiro atoms. The molecule has 0 radical (unpaired) electrons. The van der Waals surface area contributed by atoms with E-state index in [1.807, 2.05) is 0 Å². The van der Waals surface area contributed by atoms with Gasteiger partial charge in [0.25, 0.3) is 0 Å². The molecular formula is C15H30N6. The van der Waals surface area contributed by atoms with Crippen LogP contribution in [-0.2, 0) is 0 Å². The molecular weight excluding hydrogens is 264 g/mol. The van der Waals surface area contributed by atoms with Crippen molar-refractivity contribution in [2.24, 2.45) is 0 Å². The summed E-state index contributed by atoms with van der Waals surface area (Å²) in [6.07, 6.45) is 3.07. The minimum atomic E-state index is 0.334. The Labute approximate surface area is 128 Å². The van der Waals surface area contributed by atoms with E-state index in [0.717, 1.165) is 19.3 Å². The van der Waals surface area contributed by atoms with Crippen molar-refractivity contribution in [1.82, 2.24) is 15.0 Å². The third-order valence-electron chi connectivity index (χ3n) is 3.60. The molecule has 1 heterocycles. The number of rotatable bonds is 9. The van der Waals surface area contributed by atoms with Gasteiger partial charge in [0.2, 0.25) is 17.8 Å². The van der Waals surface area contributed by atoms with Crippen molar-refractivity contribution in [1.29, 1.82) is 0 Å². The van der Waals surface area contributed by atoms with Crippen LogP contribution in [0.4, 0.5) is 17.8 Å². The van der Waals surface area contributed by atoms with Crippen molar-refractivity contribution >= 4 is 17.8 Å². The lowest BCUT2D eigenvalue weighted by atomic mass is 10.3. The van der Waals surface area contributed by atoms with Gasteiger partial charge in [0.15, 0.2) is 0 Å². The van der Waals surface area contributed by atoms with Gasteiger partial charge >= 0.3 is 0 Å². The third-order valence-corrected chi connectivity index (χ3v) is 3.60. The normalized spacial score (nSPS) is 15.1. The highest BCUT2D eigenvalue weighted by atomic mass is 15.3. The zero-order chi connectivity index (χ0) is 15.8. The predicted molar refractivity (Wildman–Crippen MR) is 90.0 cm³/mol. The van der Waals surface area contributed by atoms with Crippen LogP contribution in [0.15, 0.2) is 0 Å². The lowest BCUT2D eigenvalue weighted by molar-refractivity contribution is 0.728. The van der Waals surface area contributed by atoms with Crippen LogP contribution >= 0.6 is 0 Å².